The van der Waals surface area contributed by atoms with Crippen LogP contribution in [-0.2, 0) is 11.2 Å². The second-order valence-corrected chi connectivity index (χ2v) is 7.84. The number of aromatic nitrogens is 3. The monoisotopic (exact) mass is 429 g/mol. The minimum atomic E-state index is -1.03. The molecular formula is C25H23N3O4. The number of para-hydroxylation sites is 1. The number of imidazole rings is 1. The molecule has 4 aromatic rings. The summed E-state index contributed by atoms with van der Waals surface area (Å²) in [5.74, 6) is 0.368. The maximum atomic E-state index is 10.7. The molecule has 1 aromatic carbocycles. The van der Waals surface area contributed by atoms with E-state index in [2.05, 4.69) is 27.7 Å². The van der Waals surface area contributed by atoms with Crippen molar-refractivity contribution in [1.82, 2.24) is 14.4 Å². The van der Waals surface area contributed by atoms with Crippen LogP contribution in [0.4, 0.5) is 0 Å². The van der Waals surface area contributed by atoms with Crippen molar-refractivity contribution in [3.8, 4) is 22.8 Å². The molecule has 0 saturated carbocycles. The number of rotatable bonds is 6. The van der Waals surface area contributed by atoms with Gasteiger partial charge in [-0.1, -0.05) is 18.2 Å². The van der Waals surface area contributed by atoms with Crippen LogP contribution in [0, 0.1) is 0 Å². The minimum Gasteiger partial charge on any atom is -0.496 e. The zero-order valence-corrected chi connectivity index (χ0v) is 17.7. The predicted molar refractivity (Wildman–Crippen MR) is 119 cm³/mol. The summed E-state index contributed by atoms with van der Waals surface area (Å²) < 4.78 is 13.0. The Morgan fingerprint density at radius 1 is 1.16 bits per heavy atom. The average Bonchev–Trinajstić information content (AvgIpc) is 3.21. The van der Waals surface area contributed by atoms with Crippen LogP contribution in [0.3, 0.4) is 0 Å². The van der Waals surface area contributed by atoms with Crippen molar-refractivity contribution in [3.63, 3.8) is 0 Å². The SMILES string of the molecule is COc1ccccc1C1CCCc2nc3ccc(-c4ccc(OCC(=O)O)nc4)cn3c21. The Morgan fingerprint density at radius 2 is 2.00 bits per heavy atom. The highest BCUT2D eigenvalue weighted by Crippen LogP contribution is 2.41. The fraction of sp³-hybridized carbons (Fsp3) is 0.240. The molecule has 0 fully saturated rings. The van der Waals surface area contributed by atoms with Crippen molar-refractivity contribution in [2.24, 2.45) is 0 Å². The van der Waals surface area contributed by atoms with Crippen LogP contribution < -0.4 is 9.47 Å². The van der Waals surface area contributed by atoms with Crippen LogP contribution >= 0.6 is 0 Å². The molecule has 162 valence electrons. The van der Waals surface area contributed by atoms with Crippen molar-refractivity contribution >= 4 is 11.6 Å². The number of ether oxygens (including phenoxy) is 2. The summed E-state index contributed by atoms with van der Waals surface area (Å²) >= 11 is 0. The molecule has 0 aliphatic heterocycles. The third-order valence-electron chi connectivity index (χ3n) is 5.90. The van der Waals surface area contributed by atoms with E-state index in [4.69, 9.17) is 19.6 Å². The van der Waals surface area contributed by atoms with Crippen LogP contribution in [-0.4, -0.2) is 39.2 Å². The first-order chi connectivity index (χ1) is 15.6. The van der Waals surface area contributed by atoms with E-state index in [0.717, 1.165) is 47.5 Å². The van der Waals surface area contributed by atoms with Crippen LogP contribution in [0.25, 0.3) is 16.8 Å². The summed E-state index contributed by atoms with van der Waals surface area (Å²) in [6.07, 6.45) is 6.90. The second kappa shape index (κ2) is 8.34. The Morgan fingerprint density at radius 3 is 2.78 bits per heavy atom. The van der Waals surface area contributed by atoms with Crippen molar-refractivity contribution < 1.29 is 19.4 Å². The Hall–Kier alpha value is -3.87. The molecule has 5 rings (SSSR count). The van der Waals surface area contributed by atoms with E-state index in [9.17, 15) is 4.79 Å². The zero-order chi connectivity index (χ0) is 22.1. The van der Waals surface area contributed by atoms with E-state index >= 15 is 0 Å². The second-order valence-electron chi connectivity index (χ2n) is 7.84. The first kappa shape index (κ1) is 20.1. The normalized spacial score (nSPS) is 15.3. The highest BCUT2D eigenvalue weighted by atomic mass is 16.5. The van der Waals surface area contributed by atoms with Gasteiger partial charge in [0.2, 0.25) is 5.88 Å². The molecule has 1 atom stereocenters. The molecule has 0 radical (unpaired) electrons. The predicted octanol–water partition coefficient (Wildman–Crippen LogP) is 4.34. The minimum absolute atomic E-state index is 0.213. The van der Waals surface area contributed by atoms with Crippen molar-refractivity contribution in [2.75, 3.05) is 13.7 Å². The molecule has 1 N–H and O–H groups in total. The molecular weight excluding hydrogens is 406 g/mol. The van der Waals surface area contributed by atoms with Gasteiger partial charge in [0.15, 0.2) is 6.61 Å². The van der Waals surface area contributed by atoms with E-state index < -0.39 is 12.6 Å². The highest BCUT2D eigenvalue weighted by molar-refractivity contribution is 5.68. The molecule has 7 heteroatoms. The molecule has 1 unspecified atom stereocenters. The summed E-state index contributed by atoms with van der Waals surface area (Å²) in [7, 11) is 1.71. The number of aliphatic carboxylic acids is 1. The zero-order valence-electron chi connectivity index (χ0n) is 17.7. The Kier molecular flexibility index (Phi) is 5.23. The fourth-order valence-electron chi connectivity index (χ4n) is 4.47. The summed E-state index contributed by atoms with van der Waals surface area (Å²) in [5.41, 5.74) is 6.38. The Labute approximate surface area is 185 Å². The molecule has 1 aliphatic carbocycles. The van der Waals surface area contributed by atoms with Gasteiger partial charge in [-0.3, -0.25) is 0 Å². The standard InChI is InChI=1S/C25H23N3O4/c1-31-21-8-3-2-5-18(21)19-6-4-7-20-25(19)28-14-17(9-11-22(28)27-20)16-10-12-23(26-13-16)32-15-24(29)30/h2-3,5,8-14,19H,4,6-7,15H2,1H3,(H,29,30). The fourth-order valence-corrected chi connectivity index (χ4v) is 4.47. The van der Waals surface area contributed by atoms with Gasteiger partial charge in [-0.2, -0.15) is 0 Å². The summed E-state index contributed by atoms with van der Waals surface area (Å²) in [4.78, 5) is 19.8. The van der Waals surface area contributed by atoms with Gasteiger partial charge in [0.1, 0.15) is 11.4 Å². The quantitative estimate of drug-likeness (QED) is 0.491. The summed E-state index contributed by atoms with van der Waals surface area (Å²) in [6, 6.07) is 15.8. The molecule has 0 amide bonds. The number of hydrogen-bond donors (Lipinski definition) is 1. The lowest BCUT2D eigenvalue weighted by molar-refractivity contribution is -0.139. The third kappa shape index (κ3) is 3.66. The number of carboxylic acids is 1. The Balaban J connectivity index is 1.54. The van der Waals surface area contributed by atoms with Crippen LogP contribution in [0.2, 0.25) is 0 Å². The number of carboxylic acid groups (broad SMARTS) is 1. The van der Waals surface area contributed by atoms with Gasteiger partial charge in [-0.15, -0.1) is 0 Å². The van der Waals surface area contributed by atoms with Crippen molar-refractivity contribution in [2.45, 2.75) is 25.2 Å². The molecule has 0 saturated heterocycles. The lowest BCUT2D eigenvalue weighted by Crippen LogP contribution is -2.13. The third-order valence-corrected chi connectivity index (χ3v) is 5.90. The van der Waals surface area contributed by atoms with Crippen molar-refractivity contribution in [3.05, 3.63) is 77.9 Å². The number of aryl methyl sites for hydroxylation is 1. The van der Waals surface area contributed by atoms with E-state index in [-0.39, 0.29) is 11.8 Å². The molecule has 7 nitrogen and oxygen atoms in total. The number of fused-ring (bicyclic) bond motifs is 3. The number of methoxy groups -OCH3 is 1. The number of hydrogen-bond acceptors (Lipinski definition) is 5. The molecule has 3 heterocycles. The Bertz CT molecular complexity index is 1280. The highest BCUT2D eigenvalue weighted by Gasteiger charge is 2.28. The number of nitrogens with zero attached hydrogens (tertiary/aromatic N) is 3. The number of carbonyl (C=O) groups is 1. The maximum absolute atomic E-state index is 10.7. The van der Waals surface area contributed by atoms with Crippen molar-refractivity contribution in [1.29, 1.82) is 0 Å². The first-order valence-corrected chi connectivity index (χ1v) is 10.6. The molecule has 0 bridgehead atoms. The van der Waals surface area contributed by atoms with E-state index in [0.29, 0.717) is 0 Å². The van der Waals surface area contributed by atoms with Gasteiger partial charge in [-0.25, -0.2) is 14.8 Å². The van der Waals surface area contributed by atoms with Crippen LogP contribution in [0.15, 0.2) is 60.9 Å². The molecule has 3 aromatic heterocycles. The molecule has 0 spiro atoms. The first-order valence-electron chi connectivity index (χ1n) is 10.6. The van der Waals surface area contributed by atoms with E-state index in [1.54, 1.807) is 19.4 Å². The largest absolute Gasteiger partial charge is 0.496 e. The van der Waals surface area contributed by atoms with Crippen LogP contribution in [0.5, 0.6) is 11.6 Å². The molecule has 1 aliphatic rings. The lowest BCUT2D eigenvalue weighted by atomic mass is 9.84. The van der Waals surface area contributed by atoms with Gasteiger partial charge in [0.25, 0.3) is 0 Å². The average molecular weight is 429 g/mol. The van der Waals surface area contributed by atoms with Gasteiger partial charge in [-0.05, 0) is 43.5 Å². The van der Waals surface area contributed by atoms with E-state index in [1.807, 2.05) is 30.3 Å². The molecule has 32 heavy (non-hydrogen) atoms. The van der Waals surface area contributed by atoms with Crippen LogP contribution in [0.1, 0.15) is 35.7 Å². The smallest absolute Gasteiger partial charge is 0.341 e. The summed E-state index contributed by atoms with van der Waals surface area (Å²) in [5, 5.41) is 8.75. The lowest BCUT2D eigenvalue weighted by Gasteiger charge is -2.24. The van der Waals surface area contributed by atoms with Gasteiger partial charge in [0, 0.05) is 41.1 Å². The maximum Gasteiger partial charge on any atom is 0.341 e. The van der Waals surface area contributed by atoms with E-state index in [1.165, 1.54) is 11.3 Å². The van der Waals surface area contributed by atoms with Gasteiger partial charge in [0.05, 0.1) is 18.5 Å². The van der Waals surface area contributed by atoms with Gasteiger partial charge >= 0.3 is 5.97 Å². The number of benzene rings is 1. The topological polar surface area (TPSA) is 86.0 Å². The number of pyridine rings is 2. The summed E-state index contributed by atoms with van der Waals surface area (Å²) in [6.45, 7) is -0.413. The van der Waals surface area contributed by atoms with Gasteiger partial charge < -0.3 is 19.0 Å².